The van der Waals surface area contributed by atoms with Crippen LogP contribution in [0.1, 0.15) is 13.3 Å². The van der Waals surface area contributed by atoms with E-state index < -0.39 is 24.3 Å². The average Bonchev–Trinajstić information content (AvgIpc) is 1.87. The van der Waals surface area contributed by atoms with Crippen molar-refractivity contribution in [3.63, 3.8) is 0 Å². The molecule has 0 radical (unpaired) electrons. The van der Waals surface area contributed by atoms with Gasteiger partial charge in [0.1, 0.15) is 12.7 Å². The Bertz CT molecular complexity index is 139. The summed E-state index contributed by atoms with van der Waals surface area (Å²) in [6.45, 7) is 0.644. The molecular weight excluding hydrogens is 136 g/mol. The molecule has 0 rings (SSSR count). The molecule has 0 saturated carbocycles. The maximum absolute atomic E-state index is 10.5. The molecule has 0 aromatic rings. The molecule has 0 fully saturated rings. The standard InChI is InChI=1S/C6H10O4/c1-4(8)6(10)2-5(9)3-7/h4,7-8H,2-3H2,1H3. The third kappa shape index (κ3) is 3.32. The SMILES string of the molecule is CC(O)C(=O)CC(=O)CO. The summed E-state index contributed by atoms with van der Waals surface area (Å²) in [5.74, 6) is -1.12. The zero-order chi connectivity index (χ0) is 8.15. The van der Waals surface area contributed by atoms with E-state index in [1.807, 2.05) is 0 Å². The molecule has 0 bridgehead atoms. The summed E-state index contributed by atoms with van der Waals surface area (Å²) < 4.78 is 0. The van der Waals surface area contributed by atoms with Gasteiger partial charge in [-0.1, -0.05) is 0 Å². The molecular formula is C6H10O4. The van der Waals surface area contributed by atoms with Crippen LogP contribution in [0.5, 0.6) is 0 Å². The molecule has 0 heterocycles. The molecule has 0 aliphatic heterocycles. The number of rotatable bonds is 4. The molecule has 0 aromatic heterocycles. The molecule has 1 atom stereocenters. The highest BCUT2D eigenvalue weighted by Gasteiger charge is 2.12. The number of hydrogen-bond acceptors (Lipinski definition) is 4. The van der Waals surface area contributed by atoms with Crippen molar-refractivity contribution >= 4 is 11.6 Å². The molecule has 4 heteroatoms. The topological polar surface area (TPSA) is 74.6 Å². The fourth-order valence-corrected chi connectivity index (χ4v) is 0.398. The van der Waals surface area contributed by atoms with Crippen LogP contribution in [0.15, 0.2) is 0 Å². The predicted octanol–water partition coefficient (Wildman–Crippen LogP) is -1.11. The number of ketones is 2. The minimum Gasteiger partial charge on any atom is -0.389 e. The maximum Gasteiger partial charge on any atom is 0.168 e. The lowest BCUT2D eigenvalue weighted by Crippen LogP contribution is -2.21. The van der Waals surface area contributed by atoms with E-state index >= 15 is 0 Å². The van der Waals surface area contributed by atoms with Crippen molar-refractivity contribution in [3.05, 3.63) is 0 Å². The monoisotopic (exact) mass is 146 g/mol. The first-order valence-electron chi connectivity index (χ1n) is 2.91. The van der Waals surface area contributed by atoms with E-state index in [0.717, 1.165) is 0 Å². The lowest BCUT2D eigenvalue weighted by atomic mass is 10.1. The van der Waals surface area contributed by atoms with Gasteiger partial charge < -0.3 is 10.2 Å². The molecule has 0 spiro atoms. The second kappa shape index (κ2) is 4.14. The normalized spacial score (nSPS) is 12.7. The summed E-state index contributed by atoms with van der Waals surface area (Å²) in [4.78, 5) is 20.9. The van der Waals surface area contributed by atoms with E-state index in [-0.39, 0.29) is 6.42 Å². The summed E-state index contributed by atoms with van der Waals surface area (Å²) in [7, 11) is 0. The highest BCUT2D eigenvalue weighted by Crippen LogP contribution is 1.90. The number of hydrogen-bond donors (Lipinski definition) is 2. The molecule has 0 amide bonds. The van der Waals surface area contributed by atoms with Crippen molar-refractivity contribution in [1.82, 2.24) is 0 Å². The van der Waals surface area contributed by atoms with Crippen LogP contribution in [0.25, 0.3) is 0 Å². The Hall–Kier alpha value is -0.740. The van der Waals surface area contributed by atoms with Crippen molar-refractivity contribution < 1.29 is 19.8 Å². The van der Waals surface area contributed by atoms with E-state index in [0.29, 0.717) is 0 Å². The number of carbonyl (C=O) groups is 2. The van der Waals surface area contributed by atoms with E-state index in [2.05, 4.69) is 0 Å². The Kier molecular flexibility index (Phi) is 3.83. The second-order valence-corrected chi connectivity index (χ2v) is 2.02. The van der Waals surface area contributed by atoms with Gasteiger partial charge in [0, 0.05) is 0 Å². The Labute approximate surface area is 58.5 Å². The first kappa shape index (κ1) is 9.26. The number of Topliss-reactive ketones (excluding diaryl/α,β-unsaturated/α-hetero) is 2. The van der Waals surface area contributed by atoms with Gasteiger partial charge in [-0.2, -0.15) is 0 Å². The van der Waals surface area contributed by atoms with Crippen LogP contribution in [0.4, 0.5) is 0 Å². The minimum absolute atomic E-state index is 0.381. The molecule has 10 heavy (non-hydrogen) atoms. The highest BCUT2D eigenvalue weighted by molar-refractivity contribution is 6.01. The van der Waals surface area contributed by atoms with Gasteiger partial charge in [-0.05, 0) is 6.92 Å². The fraction of sp³-hybridized carbons (Fsp3) is 0.667. The van der Waals surface area contributed by atoms with Gasteiger partial charge >= 0.3 is 0 Å². The Balaban J connectivity index is 3.69. The van der Waals surface area contributed by atoms with Gasteiger partial charge in [-0.25, -0.2) is 0 Å². The van der Waals surface area contributed by atoms with Crippen molar-refractivity contribution in [1.29, 1.82) is 0 Å². The molecule has 0 aliphatic rings. The molecule has 0 aromatic carbocycles. The van der Waals surface area contributed by atoms with Crippen LogP contribution < -0.4 is 0 Å². The first-order valence-corrected chi connectivity index (χ1v) is 2.91. The van der Waals surface area contributed by atoms with E-state index in [4.69, 9.17) is 10.2 Å². The molecule has 0 saturated heterocycles. The zero-order valence-corrected chi connectivity index (χ0v) is 5.70. The van der Waals surface area contributed by atoms with Crippen LogP contribution in [0.3, 0.4) is 0 Å². The van der Waals surface area contributed by atoms with Crippen molar-refractivity contribution in [3.8, 4) is 0 Å². The van der Waals surface area contributed by atoms with Crippen molar-refractivity contribution in [2.45, 2.75) is 19.4 Å². The molecule has 0 aliphatic carbocycles. The number of aliphatic hydroxyl groups is 2. The lowest BCUT2D eigenvalue weighted by Gasteiger charge is -1.99. The summed E-state index contributed by atoms with van der Waals surface area (Å²) in [5, 5.41) is 16.8. The summed E-state index contributed by atoms with van der Waals surface area (Å²) in [6, 6.07) is 0. The fourth-order valence-electron chi connectivity index (χ4n) is 0.398. The Morgan fingerprint density at radius 2 is 2.00 bits per heavy atom. The van der Waals surface area contributed by atoms with Gasteiger partial charge in [-0.15, -0.1) is 0 Å². The van der Waals surface area contributed by atoms with E-state index in [1.54, 1.807) is 0 Å². The van der Waals surface area contributed by atoms with Gasteiger partial charge in [0.05, 0.1) is 6.42 Å². The summed E-state index contributed by atoms with van der Waals surface area (Å²) in [6.07, 6.45) is -1.50. The summed E-state index contributed by atoms with van der Waals surface area (Å²) in [5.41, 5.74) is 0. The minimum atomic E-state index is -1.12. The average molecular weight is 146 g/mol. The largest absolute Gasteiger partial charge is 0.389 e. The van der Waals surface area contributed by atoms with Gasteiger partial charge in [0.2, 0.25) is 0 Å². The van der Waals surface area contributed by atoms with Crippen molar-refractivity contribution in [2.24, 2.45) is 0 Å². The van der Waals surface area contributed by atoms with Crippen LogP contribution in [-0.4, -0.2) is 34.5 Å². The van der Waals surface area contributed by atoms with Crippen LogP contribution in [-0.2, 0) is 9.59 Å². The molecule has 4 nitrogen and oxygen atoms in total. The van der Waals surface area contributed by atoms with E-state index in [1.165, 1.54) is 6.92 Å². The molecule has 1 unspecified atom stereocenters. The maximum atomic E-state index is 10.5. The molecule has 58 valence electrons. The third-order valence-corrected chi connectivity index (χ3v) is 1.01. The Morgan fingerprint density at radius 1 is 1.50 bits per heavy atom. The summed E-state index contributed by atoms with van der Waals surface area (Å²) >= 11 is 0. The van der Waals surface area contributed by atoms with Gasteiger partial charge in [-0.3, -0.25) is 9.59 Å². The van der Waals surface area contributed by atoms with E-state index in [9.17, 15) is 9.59 Å². The molecule has 2 N–H and O–H groups in total. The first-order chi connectivity index (χ1) is 4.57. The lowest BCUT2D eigenvalue weighted by molar-refractivity contribution is -0.132. The third-order valence-electron chi connectivity index (χ3n) is 1.01. The van der Waals surface area contributed by atoms with Crippen molar-refractivity contribution in [2.75, 3.05) is 6.61 Å². The number of carbonyl (C=O) groups excluding carboxylic acids is 2. The Morgan fingerprint density at radius 3 is 2.30 bits per heavy atom. The zero-order valence-electron chi connectivity index (χ0n) is 5.70. The van der Waals surface area contributed by atoms with Crippen LogP contribution in [0, 0.1) is 0 Å². The quantitative estimate of drug-likeness (QED) is 0.493. The number of aliphatic hydroxyl groups excluding tert-OH is 2. The smallest absolute Gasteiger partial charge is 0.168 e. The second-order valence-electron chi connectivity index (χ2n) is 2.02. The predicted molar refractivity (Wildman–Crippen MR) is 33.4 cm³/mol. The van der Waals surface area contributed by atoms with Crippen LogP contribution >= 0.6 is 0 Å². The van der Waals surface area contributed by atoms with Gasteiger partial charge in [0.15, 0.2) is 11.6 Å². The van der Waals surface area contributed by atoms with Crippen LogP contribution in [0.2, 0.25) is 0 Å². The highest BCUT2D eigenvalue weighted by atomic mass is 16.3. The van der Waals surface area contributed by atoms with Gasteiger partial charge in [0.25, 0.3) is 0 Å².